The molecule has 0 unspecified atom stereocenters. The van der Waals surface area contributed by atoms with Gasteiger partial charge in [0.05, 0.1) is 30.7 Å². The van der Waals surface area contributed by atoms with E-state index < -0.39 is 53.3 Å². The normalized spacial score (nSPS) is 22.1. The summed E-state index contributed by atoms with van der Waals surface area (Å²) < 4.78 is 5.29. The van der Waals surface area contributed by atoms with Gasteiger partial charge in [0.1, 0.15) is 11.6 Å². The van der Waals surface area contributed by atoms with Gasteiger partial charge in [-0.15, -0.1) is 0 Å². The Kier molecular flexibility index (Phi) is 13.2. The molecule has 1 aliphatic rings. The van der Waals surface area contributed by atoms with Gasteiger partial charge in [-0.05, 0) is 38.0 Å². The van der Waals surface area contributed by atoms with E-state index in [9.17, 15) is 29.1 Å². The summed E-state index contributed by atoms with van der Waals surface area (Å²) in [4.78, 5) is 66.6. The average molecular weight is 554 g/mol. The highest BCUT2D eigenvalue weighted by molar-refractivity contribution is 5.98. The fraction of sp³-hybridized carbons (Fsp3) is 0.828. The Hall–Kier alpha value is -2.33. The Bertz CT molecular complexity index is 884. The quantitative estimate of drug-likeness (QED) is 0.234. The van der Waals surface area contributed by atoms with Gasteiger partial charge < -0.3 is 25.4 Å². The van der Waals surface area contributed by atoms with Gasteiger partial charge in [0.25, 0.3) is 0 Å². The third-order valence-corrected chi connectivity index (χ3v) is 8.00. The molecule has 1 rings (SSSR count). The lowest BCUT2D eigenvalue weighted by Crippen LogP contribution is -2.56. The average Bonchev–Trinajstić information content (AvgIpc) is 3.61. The highest BCUT2D eigenvalue weighted by atomic mass is 16.6. The number of carbonyl (C=O) groups is 5. The molecule has 1 fully saturated rings. The molecule has 224 valence electrons. The van der Waals surface area contributed by atoms with Gasteiger partial charge in [-0.1, -0.05) is 54.4 Å². The summed E-state index contributed by atoms with van der Waals surface area (Å²) in [6.45, 7) is 16.2. The molecular formula is C29H51N3O7. The Morgan fingerprint density at radius 1 is 0.949 bits per heavy atom. The molecule has 0 spiro atoms. The summed E-state index contributed by atoms with van der Waals surface area (Å²) in [7, 11) is 1.56. The van der Waals surface area contributed by atoms with Crippen LogP contribution >= 0.6 is 0 Å². The molecule has 3 N–H and O–H groups in total. The number of rotatable bonds is 17. The zero-order chi connectivity index (χ0) is 30.2. The zero-order valence-electron chi connectivity index (χ0n) is 25.5. The molecule has 0 aliphatic carbocycles. The molecule has 1 aliphatic heterocycles. The second kappa shape index (κ2) is 14.9. The number of likely N-dealkylation sites (N-methyl/N-ethyl adjacent to an activating group) is 1. The van der Waals surface area contributed by atoms with Crippen molar-refractivity contribution >= 4 is 29.3 Å². The minimum atomic E-state index is -1.17. The molecule has 0 saturated carbocycles. The third-order valence-electron chi connectivity index (χ3n) is 8.00. The topological polar surface area (TPSA) is 145 Å². The van der Waals surface area contributed by atoms with E-state index in [-0.39, 0.29) is 35.9 Å². The summed E-state index contributed by atoms with van der Waals surface area (Å²) in [5.74, 6) is -3.29. The number of aliphatic hydroxyl groups is 1. The number of nitrogens with zero attached hydrogens (tertiary/aromatic N) is 1. The lowest BCUT2D eigenvalue weighted by atomic mass is 9.86. The second-order valence-corrected chi connectivity index (χ2v) is 11.9. The van der Waals surface area contributed by atoms with Crippen molar-refractivity contribution in [2.75, 3.05) is 13.7 Å². The van der Waals surface area contributed by atoms with Crippen LogP contribution in [-0.4, -0.2) is 82.8 Å². The lowest BCUT2D eigenvalue weighted by Gasteiger charge is -2.33. The number of hydrogen-bond acceptors (Lipinski definition) is 7. The molecule has 1 heterocycles. The maximum atomic E-state index is 13.6. The molecule has 1 saturated heterocycles. The number of ketones is 2. The Morgan fingerprint density at radius 3 is 1.90 bits per heavy atom. The first-order chi connectivity index (χ1) is 18.0. The first-order valence-electron chi connectivity index (χ1n) is 14.2. The fourth-order valence-corrected chi connectivity index (χ4v) is 4.68. The van der Waals surface area contributed by atoms with Gasteiger partial charge in [0.15, 0.2) is 11.6 Å². The van der Waals surface area contributed by atoms with E-state index in [0.717, 1.165) is 0 Å². The van der Waals surface area contributed by atoms with Crippen LogP contribution < -0.4 is 10.6 Å². The van der Waals surface area contributed by atoms with E-state index in [1.54, 1.807) is 14.0 Å². The zero-order valence-corrected chi connectivity index (χ0v) is 25.5. The molecule has 0 aromatic heterocycles. The van der Waals surface area contributed by atoms with Crippen molar-refractivity contribution in [3.63, 3.8) is 0 Å². The lowest BCUT2D eigenvalue weighted by molar-refractivity contribution is -0.141. The molecule has 0 aromatic carbocycles. The Balaban J connectivity index is 3.15. The van der Waals surface area contributed by atoms with Crippen molar-refractivity contribution in [3.8, 4) is 0 Å². The molecule has 0 bridgehead atoms. The van der Waals surface area contributed by atoms with E-state index in [1.165, 1.54) is 18.7 Å². The smallest absolute Gasteiger partial charge is 0.243 e. The number of aliphatic hydroxyl groups excluding tert-OH is 1. The fourth-order valence-electron chi connectivity index (χ4n) is 4.68. The molecule has 0 radical (unpaired) electrons. The monoisotopic (exact) mass is 553 g/mol. The van der Waals surface area contributed by atoms with Crippen LogP contribution in [0.15, 0.2) is 0 Å². The molecule has 10 heteroatoms. The van der Waals surface area contributed by atoms with Crippen LogP contribution in [0.25, 0.3) is 0 Å². The standard InChI is InChI=1S/C29H51N3O7/c1-11-17(5)24(31-28(38)25(18(6)12-2)32(10)20(8)34)23(35)14-21(19(7)33)27(37)30-22(13-16(3)4)26(36)29(9)15-39-29/h16-19,21-22,24-25,33H,11-15H2,1-10H3,(H,30,37)(H,31,38)/t17-,18-,19+,21-,22-,24-,25-,29+/m0/s1. The van der Waals surface area contributed by atoms with Crippen LogP contribution in [0, 0.1) is 23.7 Å². The first-order valence-corrected chi connectivity index (χ1v) is 14.2. The van der Waals surface area contributed by atoms with E-state index in [0.29, 0.717) is 25.9 Å². The van der Waals surface area contributed by atoms with Crippen LogP contribution in [0.2, 0.25) is 0 Å². The van der Waals surface area contributed by atoms with Crippen molar-refractivity contribution < 1.29 is 33.8 Å². The van der Waals surface area contributed by atoms with Gasteiger partial charge in [0, 0.05) is 20.4 Å². The SMILES string of the molecule is CC[C@H](C)[C@H](NC(=O)[C@H]([C@@H](C)CC)N(C)C(C)=O)C(=O)C[C@H](C(=O)N[C@@H](CC(C)C)C(=O)[C@@]1(C)CO1)[C@@H](C)O. The third kappa shape index (κ3) is 9.67. The minimum Gasteiger partial charge on any atom is -0.393 e. The number of hydrogen-bond donors (Lipinski definition) is 3. The highest BCUT2D eigenvalue weighted by Gasteiger charge is 2.50. The number of nitrogens with one attached hydrogen (secondary N) is 2. The van der Waals surface area contributed by atoms with Gasteiger partial charge in [-0.3, -0.25) is 24.0 Å². The second-order valence-electron chi connectivity index (χ2n) is 11.9. The Morgan fingerprint density at radius 2 is 1.49 bits per heavy atom. The van der Waals surface area contributed by atoms with Crippen LogP contribution in [0.3, 0.4) is 0 Å². The van der Waals surface area contributed by atoms with Crippen LogP contribution in [0.5, 0.6) is 0 Å². The largest absolute Gasteiger partial charge is 0.393 e. The summed E-state index contributed by atoms with van der Waals surface area (Å²) in [5.41, 5.74) is -0.923. The van der Waals surface area contributed by atoms with Crippen LogP contribution in [0.4, 0.5) is 0 Å². The predicted octanol–water partition coefficient (Wildman–Crippen LogP) is 2.26. The Labute approximate surface area is 234 Å². The maximum absolute atomic E-state index is 13.6. The summed E-state index contributed by atoms with van der Waals surface area (Å²) in [5, 5.41) is 16.1. The summed E-state index contributed by atoms with van der Waals surface area (Å²) >= 11 is 0. The highest BCUT2D eigenvalue weighted by Crippen LogP contribution is 2.30. The number of ether oxygens (including phenoxy) is 1. The number of carbonyl (C=O) groups excluding carboxylic acids is 5. The van der Waals surface area contributed by atoms with Gasteiger partial charge in [0.2, 0.25) is 17.7 Å². The summed E-state index contributed by atoms with van der Waals surface area (Å²) in [6.07, 6.45) is 0.161. The van der Waals surface area contributed by atoms with E-state index in [4.69, 9.17) is 4.74 Å². The molecule has 8 atom stereocenters. The number of epoxide rings is 1. The van der Waals surface area contributed by atoms with Crippen molar-refractivity contribution in [3.05, 3.63) is 0 Å². The molecule has 3 amide bonds. The van der Waals surface area contributed by atoms with Crippen molar-refractivity contribution in [2.45, 2.75) is 118 Å². The predicted molar refractivity (Wildman–Crippen MR) is 149 cm³/mol. The van der Waals surface area contributed by atoms with Crippen molar-refractivity contribution in [1.29, 1.82) is 0 Å². The molecular weight excluding hydrogens is 502 g/mol. The van der Waals surface area contributed by atoms with Gasteiger partial charge >= 0.3 is 0 Å². The minimum absolute atomic E-state index is 0.116. The molecule has 39 heavy (non-hydrogen) atoms. The van der Waals surface area contributed by atoms with Crippen molar-refractivity contribution in [2.24, 2.45) is 23.7 Å². The van der Waals surface area contributed by atoms with Crippen LogP contribution in [-0.2, 0) is 28.7 Å². The maximum Gasteiger partial charge on any atom is 0.243 e. The van der Waals surface area contributed by atoms with E-state index in [1.807, 2.05) is 41.5 Å². The number of Topliss-reactive ketones (excluding diaryl/α,β-unsaturated/α-hetero) is 2. The van der Waals surface area contributed by atoms with Crippen molar-refractivity contribution in [1.82, 2.24) is 15.5 Å². The van der Waals surface area contributed by atoms with Gasteiger partial charge in [-0.2, -0.15) is 0 Å². The van der Waals surface area contributed by atoms with Crippen LogP contribution in [0.1, 0.15) is 88.0 Å². The van der Waals surface area contributed by atoms with E-state index >= 15 is 0 Å². The van der Waals surface area contributed by atoms with Gasteiger partial charge in [-0.25, -0.2) is 0 Å². The molecule has 10 nitrogen and oxygen atoms in total. The molecule has 0 aromatic rings. The number of amides is 3. The van der Waals surface area contributed by atoms with E-state index in [2.05, 4.69) is 10.6 Å². The first kappa shape index (κ1) is 34.7. The summed E-state index contributed by atoms with van der Waals surface area (Å²) in [6, 6.07) is -2.46.